The van der Waals surface area contributed by atoms with E-state index in [2.05, 4.69) is 4.72 Å². The van der Waals surface area contributed by atoms with Gasteiger partial charge in [-0.25, -0.2) is 8.42 Å². The Balaban J connectivity index is 1.99. The Labute approximate surface area is 152 Å². The lowest BCUT2D eigenvalue weighted by molar-refractivity contribution is 0.0775. The molecule has 25 heavy (non-hydrogen) atoms. The molecule has 0 heterocycles. The largest absolute Gasteiger partial charge is 0.492 e. The number of anilines is 1. The van der Waals surface area contributed by atoms with Gasteiger partial charge in [0, 0.05) is 12.1 Å². The van der Waals surface area contributed by atoms with Crippen LogP contribution in [0.5, 0.6) is 5.75 Å². The predicted octanol–water partition coefficient (Wildman–Crippen LogP) is 2.86. The van der Waals surface area contributed by atoms with Crippen LogP contribution in [0.1, 0.15) is 10.4 Å². The molecule has 2 aromatic carbocycles. The minimum absolute atomic E-state index is 0.250. The van der Waals surface area contributed by atoms with E-state index in [1.54, 1.807) is 55.6 Å². The van der Waals surface area contributed by atoms with Crippen molar-refractivity contribution in [2.75, 3.05) is 31.2 Å². The molecule has 0 bridgehead atoms. The van der Waals surface area contributed by atoms with E-state index >= 15 is 0 Å². The molecule has 134 valence electrons. The first-order valence-corrected chi connectivity index (χ1v) is 9.74. The van der Waals surface area contributed by atoms with Crippen molar-refractivity contribution in [3.63, 3.8) is 0 Å². The van der Waals surface area contributed by atoms with Gasteiger partial charge in [0.05, 0.1) is 24.1 Å². The Bertz CT molecular complexity index is 838. The normalized spacial score (nSPS) is 11.0. The second-order valence-corrected chi connectivity index (χ2v) is 7.63. The molecule has 1 N–H and O–H groups in total. The highest BCUT2D eigenvalue weighted by molar-refractivity contribution is 7.92. The minimum atomic E-state index is -3.47. The number of amides is 1. The van der Waals surface area contributed by atoms with Crippen LogP contribution in [0.4, 0.5) is 5.69 Å². The lowest BCUT2D eigenvalue weighted by Crippen LogP contribution is -2.31. The Morgan fingerprint density at radius 1 is 1.16 bits per heavy atom. The quantitative estimate of drug-likeness (QED) is 0.798. The Hall–Kier alpha value is -2.25. The third-order valence-electron chi connectivity index (χ3n) is 3.31. The molecule has 0 aromatic heterocycles. The van der Waals surface area contributed by atoms with Crippen LogP contribution in [0.25, 0.3) is 0 Å². The zero-order valence-electron chi connectivity index (χ0n) is 13.9. The Morgan fingerprint density at radius 2 is 1.80 bits per heavy atom. The number of ether oxygens (including phenoxy) is 1. The van der Waals surface area contributed by atoms with Crippen LogP contribution in [-0.2, 0) is 10.0 Å². The van der Waals surface area contributed by atoms with Gasteiger partial charge in [-0.1, -0.05) is 23.7 Å². The fourth-order valence-electron chi connectivity index (χ4n) is 2.10. The number of likely N-dealkylation sites (N-methyl/N-ethyl adjacent to an activating group) is 1. The van der Waals surface area contributed by atoms with Gasteiger partial charge in [0.1, 0.15) is 12.4 Å². The molecule has 2 aromatic rings. The summed E-state index contributed by atoms with van der Waals surface area (Å²) in [6.07, 6.45) is 1.04. The smallest absolute Gasteiger partial charge is 0.255 e. The van der Waals surface area contributed by atoms with E-state index in [1.807, 2.05) is 0 Å². The summed E-state index contributed by atoms with van der Waals surface area (Å²) < 4.78 is 30.8. The van der Waals surface area contributed by atoms with Crippen LogP contribution in [-0.4, -0.2) is 45.7 Å². The monoisotopic (exact) mass is 382 g/mol. The van der Waals surface area contributed by atoms with Crippen molar-refractivity contribution in [1.29, 1.82) is 0 Å². The van der Waals surface area contributed by atoms with Crippen LogP contribution in [0, 0.1) is 0 Å². The van der Waals surface area contributed by atoms with E-state index in [1.165, 1.54) is 4.90 Å². The molecule has 0 fully saturated rings. The van der Waals surface area contributed by atoms with Crippen molar-refractivity contribution in [2.24, 2.45) is 0 Å². The molecular formula is C17H19ClN2O4S. The molecule has 0 radical (unpaired) electrons. The number of sulfonamides is 1. The number of carbonyl (C=O) groups excluding carboxylic acids is 1. The molecule has 0 aliphatic heterocycles. The lowest BCUT2D eigenvalue weighted by Gasteiger charge is -2.19. The van der Waals surface area contributed by atoms with E-state index in [9.17, 15) is 13.2 Å². The second kappa shape index (κ2) is 8.22. The maximum absolute atomic E-state index is 12.6. The standard InChI is InChI=1S/C17H19ClN2O4S/c1-20(11-12-24-14-9-7-13(18)8-10-14)17(21)15-5-3-4-6-16(15)19-25(2,22)23/h3-10,19H,11-12H2,1-2H3. The maximum Gasteiger partial charge on any atom is 0.255 e. The molecule has 1 amide bonds. The number of nitrogens with one attached hydrogen (secondary N) is 1. The van der Waals surface area contributed by atoms with Crippen LogP contribution in [0.3, 0.4) is 0 Å². The molecule has 0 saturated carbocycles. The van der Waals surface area contributed by atoms with E-state index in [0.29, 0.717) is 23.9 Å². The molecule has 0 unspecified atom stereocenters. The highest BCUT2D eigenvalue weighted by Gasteiger charge is 2.17. The van der Waals surface area contributed by atoms with E-state index in [-0.39, 0.29) is 17.2 Å². The highest BCUT2D eigenvalue weighted by Crippen LogP contribution is 2.18. The second-order valence-electron chi connectivity index (χ2n) is 5.45. The van der Waals surface area contributed by atoms with Gasteiger partial charge in [-0.05, 0) is 36.4 Å². The number of hydrogen-bond donors (Lipinski definition) is 1. The number of hydrogen-bond acceptors (Lipinski definition) is 4. The molecule has 0 spiro atoms. The van der Waals surface area contributed by atoms with Gasteiger partial charge < -0.3 is 9.64 Å². The summed E-state index contributed by atoms with van der Waals surface area (Å²) in [7, 11) is -1.84. The summed E-state index contributed by atoms with van der Waals surface area (Å²) >= 11 is 5.81. The van der Waals surface area contributed by atoms with Gasteiger partial charge in [-0.15, -0.1) is 0 Å². The van der Waals surface area contributed by atoms with Crippen LogP contribution in [0.2, 0.25) is 5.02 Å². The summed E-state index contributed by atoms with van der Waals surface area (Å²) in [6, 6.07) is 13.4. The van der Waals surface area contributed by atoms with Crippen molar-refractivity contribution in [3.8, 4) is 5.75 Å². The van der Waals surface area contributed by atoms with E-state index in [0.717, 1.165) is 6.26 Å². The van der Waals surface area contributed by atoms with Crippen molar-refractivity contribution in [1.82, 2.24) is 4.90 Å². The van der Waals surface area contributed by atoms with Gasteiger partial charge >= 0.3 is 0 Å². The fraction of sp³-hybridized carbons (Fsp3) is 0.235. The highest BCUT2D eigenvalue weighted by atomic mass is 35.5. The van der Waals surface area contributed by atoms with Crippen LogP contribution < -0.4 is 9.46 Å². The average molecular weight is 383 g/mol. The number of halogens is 1. The summed E-state index contributed by atoms with van der Waals surface area (Å²) in [4.78, 5) is 14.0. The molecule has 6 nitrogen and oxygen atoms in total. The number of rotatable bonds is 7. The van der Waals surface area contributed by atoms with Crippen LogP contribution >= 0.6 is 11.6 Å². The third-order valence-corrected chi connectivity index (χ3v) is 4.15. The molecule has 0 saturated heterocycles. The van der Waals surface area contributed by atoms with Crippen LogP contribution in [0.15, 0.2) is 48.5 Å². The molecule has 0 aliphatic rings. The first-order valence-electron chi connectivity index (χ1n) is 7.47. The number of para-hydroxylation sites is 1. The maximum atomic E-state index is 12.6. The Kier molecular flexibility index (Phi) is 6.27. The molecule has 0 aliphatic carbocycles. The summed E-state index contributed by atoms with van der Waals surface area (Å²) in [5.41, 5.74) is 0.530. The molecule has 0 atom stereocenters. The number of benzene rings is 2. The van der Waals surface area contributed by atoms with Crippen molar-refractivity contribution in [3.05, 3.63) is 59.1 Å². The average Bonchev–Trinajstić information content (AvgIpc) is 2.55. The van der Waals surface area contributed by atoms with Gasteiger partial charge in [0.2, 0.25) is 10.0 Å². The first kappa shape index (κ1) is 19.1. The summed E-state index contributed by atoms with van der Waals surface area (Å²) in [5.74, 6) is 0.357. The predicted molar refractivity (Wildman–Crippen MR) is 98.8 cm³/mol. The van der Waals surface area contributed by atoms with Gasteiger partial charge in [0.25, 0.3) is 5.91 Å². The number of nitrogens with zero attached hydrogens (tertiary/aromatic N) is 1. The lowest BCUT2D eigenvalue weighted by atomic mass is 10.1. The molecule has 2 rings (SSSR count). The third kappa shape index (κ3) is 5.95. The van der Waals surface area contributed by atoms with Gasteiger partial charge in [0.15, 0.2) is 0 Å². The topological polar surface area (TPSA) is 75.7 Å². The van der Waals surface area contributed by atoms with Crippen molar-refractivity contribution < 1.29 is 17.9 Å². The zero-order valence-corrected chi connectivity index (χ0v) is 15.5. The Morgan fingerprint density at radius 3 is 2.44 bits per heavy atom. The number of carbonyl (C=O) groups is 1. The van der Waals surface area contributed by atoms with Crippen molar-refractivity contribution >= 4 is 33.2 Å². The van der Waals surface area contributed by atoms with Crippen molar-refractivity contribution in [2.45, 2.75) is 0 Å². The summed E-state index contributed by atoms with van der Waals surface area (Å²) in [6.45, 7) is 0.639. The summed E-state index contributed by atoms with van der Waals surface area (Å²) in [5, 5.41) is 0.620. The molecule has 8 heteroatoms. The van der Waals surface area contributed by atoms with E-state index in [4.69, 9.17) is 16.3 Å². The SMILES string of the molecule is CN(CCOc1ccc(Cl)cc1)C(=O)c1ccccc1NS(C)(=O)=O. The fourth-order valence-corrected chi connectivity index (χ4v) is 2.80. The van der Waals surface area contributed by atoms with E-state index < -0.39 is 10.0 Å². The van der Waals surface area contributed by atoms with Gasteiger partial charge in [-0.3, -0.25) is 9.52 Å². The van der Waals surface area contributed by atoms with Gasteiger partial charge in [-0.2, -0.15) is 0 Å². The first-order chi connectivity index (χ1) is 11.8. The minimum Gasteiger partial charge on any atom is -0.492 e. The molecular weight excluding hydrogens is 364 g/mol. The zero-order chi connectivity index (χ0) is 18.4.